The van der Waals surface area contributed by atoms with E-state index in [2.05, 4.69) is 39.8 Å². The first-order valence-corrected chi connectivity index (χ1v) is 9.81. The highest BCUT2D eigenvalue weighted by atomic mass is 16.5. The van der Waals surface area contributed by atoms with Gasteiger partial charge in [-0.05, 0) is 37.6 Å². The van der Waals surface area contributed by atoms with E-state index in [4.69, 9.17) is 10.5 Å². The summed E-state index contributed by atoms with van der Waals surface area (Å²) in [6.45, 7) is 6.65. The summed E-state index contributed by atoms with van der Waals surface area (Å²) in [5.41, 5.74) is 7.80. The van der Waals surface area contributed by atoms with Crippen LogP contribution in [-0.4, -0.2) is 49.0 Å². The summed E-state index contributed by atoms with van der Waals surface area (Å²) in [6.07, 6.45) is 1.91. The number of hydrogen-bond donors (Lipinski definition) is 4. The number of ether oxygens (including phenoxy) is 1. The number of rotatable bonds is 10. The van der Waals surface area contributed by atoms with Crippen molar-refractivity contribution in [3.05, 3.63) is 41.2 Å². The molecule has 30 heavy (non-hydrogen) atoms. The lowest BCUT2D eigenvalue weighted by molar-refractivity contribution is -0.109. The molecule has 1 aromatic carbocycles. The van der Waals surface area contributed by atoms with Crippen LogP contribution in [0.5, 0.6) is 5.88 Å². The topological polar surface area (TPSA) is 131 Å². The quantitative estimate of drug-likeness (QED) is 0.343. The van der Waals surface area contributed by atoms with Gasteiger partial charge in [0.25, 0.3) is 5.91 Å². The number of benzene rings is 1. The van der Waals surface area contributed by atoms with Crippen LogP contribution in [0.15, 0.2) is 24.3 Å². The van der Waals surface area contributed by atoms with Gasteiger partial charge >= 0.3 is 0 Å². The minimum absolute atomic E-state index is 0.0608. The van der Waals surface area contributed by atoms with Crippen molar-refractivity contribution in [1.29, 1.82) is 0 Å². The van der Waals surface area contributed by atoms with Crippen LogP contribution >= 0.6 is 0 Å². The number of amides is 2. The van der Waals surface area contributed by atoms with E-state index in [0.717, 1.165) is 11.3 Å². The third-order valence-corrected chi connectivity index (χ3v) is 4.10. The molecular weight excluding hydrogens is 384 g/mol. The van der Waals surface area contributed by atoms with Crippen molar-refractivity contribution in [3.63, 3.8) is 0 Å². The van der Waals surface area contributed by atoms with E-state index in [1.807, 2.05) is 38.2 Å². The molecule has 0 radical (unpaired) electrons. The SMILES string of the molecule is CCc1nc(C(N)=O)c(Nc2cccc(CCNC=O)c2)nc1OC.CNC(C)C. The van der Waals surface area contributed by atoms with Crippen LogP contribution in [0.25, 0.3) is 0 Å². The van der Waals surface area contributed by atoms with E-state index >= 15 is 0 Å². The van der Waals surface area contributed by atoms with Gasteiger partial charge in [-0.1, -0.05) is 32.9 Å². The number of anilines is 2. The van der Waals surface area contributed by atoms with Crippen molar-refractivity contribution in [1.82, 2.24) is 20.6 Å². The van der Waals surface area contributed by atoms with Crippen LogP contribution in [0, 0.1) is 0 Å². The van der Waals surface area contributed by atoms with E-state index < -0.39 is 5.91 Å². The molecule has 2 rings (SSSR count). The summed E-state index contributed by atoms with van der Waals surface area (Å²) in [5.74, 6) is -0.0789. The van der Waals surface area contributed by atoms with E-state index in [1.54, 1.807) is 0 Å². The Labute approximate surface area is 177 Å². The van der Waals surface area contributed by atoms with Gasteiger partial charge in [-0.3, -0.25) is 9.59 Å². The summed E-state index contributed by atoms with van der Waals surface area (Å²) < 4.78 is 5.23. The fraction of sp³-hybridized carbons (Fsp3) is 0.429. The second-order valence-corrected chi connectivity index (χ2v) is 6.69. The zero-order chi connectivity index (χ0) is 22.5. The molecule has 0 aliphatic carbocycles. The standard InChI is InChI=1S/C17H21N5O3.C4H11N/c1-3-13-17(25-2)22-16(14(21-13)15(18)24)20-12-6-4-5-11(9-12)7-8-19-10-23;1-4(2)5-3/h4-6,9-10H,3,7-8H2,1-2H3,(H2,18,24)(H,19,23)(H,20,22);4-5H,1-3H3. The minimum atomic E-state index is -0.668. The first kappa shape index (κ1) is 24.8. The number of nitrogens with one attached hydrogen (secondary N) is 3. The number of hydrogen-bond acceptors (Lipinski definition) is 7. The molecule has 0 aliphatic rings. The number of carbonyl (C=O) groups excluding carboxylic acids is 2. The molecule has 0 fully saturated rings. The average Bonchev–Trinajstić information content (AvgIpc) is 2.74. The molecular formula is C21H32N6O3. The van der Waals surface area contributed by atoms with Crippen molar-refractivity contribution in [3.8, 4) is 5.88 Å². The van der Waals surface area contributed by atoms with Crippen molar-refractivity contribution in [2.24, 2.45) is 5.73 Å². The number of nitrogens with zero attached hydrogens (tertiary/aromatic N) is 2. The molecule has 0 atom stereocenters. The van der Waals surface area contributed by atoms with Gasteiger partial charge in [-0.15, -0.1) is 0 Å². The van der Waals surface area contributed by atoms with Gasteiger partial charge < -0.3 is 26.4 Å². The monoisotopic (exact) mass is 416 g/mol. The van der Waals surface area contributed by atoms with Crippen LogP contribution in [-0.2, 0) is 17.6 Å². The summed E-state index contributed by atoms with van der Waals surface area (Å²) in [4.78, 5) is 30.6. The Morgan fingerprint density at radius 2 is 2.00 bits per heavy atom. The molecule has 0 saturated heterocycles. The Hall–Kier alpha value is -3.20. The maximum atomic E-state index is 11.7. The lowest BCUT2D eigenvalue weighted by atomic mass is 10.1. The molecule has 5 N–H and O–H groups in total. The third-order valence-electron chi connectivity index (χ3n) is 4.10. The Bertz CT molecular complexity index is 826. The van der Waals surface area contributed by atoms with Gasteiger partial charge in [0.15, 0.2) is 11.5 Å². The Balaban J connectivity index is 0.000000804. The molecule has 0 aliphatic heterocycles. The lowest BCUT2D eigenvalue weighted by Crippen LogP contribution is -2.18. The third kappa shape index (κ3) is 8.04. The molecule has 0 saturated carbocycles. The lowest BCUT2D eigenvalue weighted by Gasteiger charge is -2.13. The zero-order valence-corrected chi connectivity index (χ0v) is 18.3. The highest BCUT2D eigenvalue weighted by molar-refractivity contribution is 5.96. The summed E-state index contributed by atoms with van der Waals surface area (Å²) in [6, 6.07) is 8.19. The smallest absolute Gasteiger partial charge is 0.271 e. The number of methoxy groups -OCH3 is 1. The van der Waals surface area contributed by atoms with E-state index in [9.17, 15) is 9.59 Å². The van der Waals surface area contributed by atoms with Crippen molar-refractivity contribution < 1.29 is 14.3 Å². The van der Waals surface area contributed by atoms with Gasteiger partial charge in [0.1, 0.15) is 5.69 Å². The largest absolute Gasteiger partial charge is 0.480 e. The van der Waals surface area contributed by atoms with Gasteiger partial charge in [-0.2, -0.15) is 4.98 Å². The molecule has 2 amide bonds. The molecule has 0 bridgehead atoms. The molecule has 0 spiro atoms. The average molecular weight is 417 g/mol. The van der Waals surface area contributed by atoms with Gasteiger partial charge in [-0.25, -0.2) is 4.98 Å². The Morgan fingerprint density at radius 3 is 2.53 bits per heavy atom. The minimum Gasteiger partial charge on any atom is -0.480 e. The Kier molecular flexibility index (Phi) is 10.8. The summed E-state index contributed by atoms with van der Waals surface area (Å²) in [5, 5.41) is 8.71. The highest BCUT2D eigenvalue weighted by Crippen LogP contribution is 2.24. The zero-order valence-electron chi connectivity index (χ0n) is 18.3. The predicted octanol–water partition coefficient (Wildman–Crippen LogP) is 1.79. The highest BCUT2D eigenvalue weighted by Gasteiger charge is 2.17. The molecule has 0 unspecified atom stereocenters. The normalized spacial score (nSPS) is 10.1. The first-order chi connectivity index (χ1) is 14.4. The fourth-order valence-corrected chi connectivity index (χ4v) is 2.32. The van der Waals surface area contributed by atoms with Crippen LogP contribution in [0.3, 0.4) is 0 Å². The maximum Gasteiger partial charge on any atom is 0.271 e. The second-order valence-electron chi connectivity index (χ2n) is 6.69. The maximum absolute atomic E-state index is 11.7. The van der Waals surface area contributed by atoms with E-state index in [-0.39, 0.29) is 11.5 Å². The van der Waals surface area contributed by atoms with Crippen molar-refractivity contribution in [2.75, 3.05) is 26.0 Å². The molecule has 9 heteroatoms. The number of nitrogens with two attached hydrogens (primary N) is 1. The van der Waals surface area contributed by atoms with Crippen molar-refractivity contribution >= 4 is 23.8 Å². The summed E-state index contributed by atoms with van der Waals surface area (Å²) in [7, 11) is 3.45. The van der Waals surface area contributed by atoms with E-state index in [1.165, 1.54) is 7.11 Å². The number of aryl methyl sites for hydroxylation is 1. The predicted molar refractivity (Wildman–Crippen MR) is 118 cm³/mol. The van der Waals surface area contributed by atoms with E-state index in [0.29, 0.717) is 43.4 Å². The molecule has 1 heterocycles. The number of aromatic nitrogens is 2. The van der Waals surface area contributed by atoms with Gasteiger partial charge in [0.2, 0.25) is 12.3 Å². The molecule has 2 aromatic rings. The van der Waals surface area contributed by atoms with Crippen molar-refractivity contribution in [2.45, 2.75) is 39.7 Å². The van der Waals surface area contributed by atoms with Gasteiger partial charge in [0.05, 0.1) is 7.11 Å². The number of primary amides is 1. The van der Waals surface area contributed by atoms with Gasteiger partial charge in [0, 0.05) is 18.3 Å². The van der Waals surface area contributed by atoms with Crippen LogP contribution in [0.2, 0.25) is 0 Å². The molecule has 9 nitrogen and oxygen atoms in total. The summed E-state index contributed by atoms with van der Waals surface area (Å²) >= 11 is 0. The number of carbonyl (C=O) groups is 2. The van der Waals surface area contributed by atoms with Crippen LogP contribution in [0.4, 0.5) is 11.5 Å². The fourth-order valence-electron chi connectivity index (χ4n) is 2.32. The van der Waals surface area contributed by atoms with Crippen LogP contribution < -0.4 is 26.4 Å². The molecule has 164 valence electrons. The molecule has 1 aromatic heterocycles. The second kappa shape index (κ2) is 13.1. The van der Waals surface area contributed by atoms with Crippen LogP contribution in [0.1, 0.15) is 42.5 Å². The first-order valence-electron chi connectivity index (χ1n) is 9.81. The Morgan fingerprint density at radius 1 is 1.30 bits per heavy atom.